The summed E-state index contributed by atoms with van der Waals surface area (Å²) in [6.45, 7) is 0. The summed E-state index contributed by atoms with van der Waals surface area (Å²) in [7, 11) is -0.975. The van der Waals surface area contributed by atoms with Gasteiger partial charge in [0, 0.05) is 43.7 Å². The van der Waals surface area contributed by atoms with E-state index >= 15 is 0 Å². The fourth-order valence-electron chi connectivity index (χ4n) is 3.41. The SMILES string of the molecule is N#Cc1c(-c2ccccc2)cc(-c2ccc(Br)cc2)nc1SCC[S@@](=O)Cc1ccccc1. The molecule has 3 aromatic carbocycles. The number of hydrogen-bond acceptors (Lipinski definition) is 4. The fraction of sp³-hybridized carbons (Fsp3) is 0.111. The van der Waals surface area contributed by atoms with E-state index in [1.54, 1.807) is 0 Å². The molecule has 6 heteroatoms. The number of nitriles is 1. The lowest BCUT2D eigenvalue weighted by molar-refractivity contribution is 0.683. The van der Waals surface area contributed by atoms with Gasteiger partial charge in [-0.25, -0.2) is 4.98 Å². The summed E-state index contributed by atoms with van der Waals surface area (Å²) in [6, 6.07) is 32.1. The van der Waals surface area contributed by atoms with Crippen LogP contribution < -0.4 is 0 Å². The van der Waals surface area contributed by atoms with Crippen molar-refractivity contribution >= 4 is 38.5 Å². The van der Waals surface area contributed by atoms with Gasteiger partial charge in [0.15, 0.2) is 0 Å². The van der Waals surface area contributed by atoms with Crippen molar-refractivity contribution in [1.29, 1.82) is 5.26 Å². The van der Waals surface area contributed by atoms with Crippen molar-refractivity contribution in [3.8, 4) is 28.5 Å². The number of pyridine rings is 1. The highest BCUT2D eigenvalue weighted by atomic mass is 79.9. The molecular formula is C27H21BrN2OS2. The molecule has 4 rings (SSSR count). The minimum atomic E-state index is -0.975. The van der Waals surface area contributed by atoms with E-state index in [1.807, 2.05) is 91.0 Å². The highest BCUT2D eigenvalue weighted by Gasteiger charge is 2.16. The van der Waals surface area contributed by atoms with Crippen LogP contribution in [0.2, 0.25) is 0 Å². The molecule has 33 heavy (non-hydrogen) atoms. The maximum Gasteiger partial charge on any atom is 0.115 e. The van der Waals surface area contributed by atoms with E-state index in [2.05, 4.69) is 22.0 Å². The van der Waals surface area contributed by atoms with Gasteiger partial charge < -0.3 is 0 Å². The summed E-state index contributed by atoms with van der Waals surface area (Å²) in [5.41, 5.74) is 5.26. The van der Waals surface area contributed by atoms with Crippen LogP contribution in [-0.4, -0.2) is 20.7 Å². The van der Waals surface area contributed by atoms with E-state index in [0.29, 0.717) is 27.8 Å². The molecule has 164 valence electrons. The zero-order valence-electron chi connectivity index (χ0n) is 17.8. The molecular weight excluding hydrogens is 512 g/mol. The van der Waals surface area contributed by atoms with E-state index in [9.17, 15) is 9.47 Å². The minimum Gasteiger partial charge on any atom is -0.259 e. The zero-order valence-corrected chi connectivity index (χ0v) is 21.0. The third kappa shape index (κ3) is 6.20. The quantitative estimate of drug-likeness (QED) is 0.227. The van der Waals surface area contributed by atoms with Gasteiger partial charge in [-0.3, -0.25) is 4.21 Å². The smallest absolute Gasteiger partial charge is 0.115 e. The Balaban J connectivity index is 1.61. The number of aromatic nitrogens is 1. The van der Waals surface area contributed by atoms with Gasteiger partial charge in [-0.15, -0.1) is 11.8 Å². The second-order valence-corrected chi connectivity index (χ2v) is 10.9. The number of nitrogens with zero attached hydrogens (tertiary/aromatic N) is 2. The van der Waals surface area contributed by atoms with Crippen molar-refractivity contribution in [2.24, 2.45) is 0 Å². The van der Waals surface area contributed by atoms with Crippen LogP contribution in [0.5, 0.6) is 0 Å². The second-order valence-electron chi connectivity index (χ2n) is 7.34. The Morgan fingerprint density at radius 3 is 2.24 bits per heavy atom. The lowest BCUT2D eigenvalue weighted by Crippen LogP contribution is -2.04. The minimum absolute atomic E-state index is 0.536. The van der Waals surface area contributed by atoms with E-state index in [1.165, 1.54) is 11.8 Å². The summed E-state index contributed by atoms with van der Waals surface area (Å²) in [5.74, 6) is 1.70. The maximum atomic E-state index is 12.6. The van der Waals surface area contributed by atoms with Gasteiger partial charge in [-0.05, 0) is 29.3 Å². The molecule has 0 unspecified atom stereocenters. The molecule has 4 aromatic rings. The van der Waals surface area contributed by atoms with Gasteiger partial charge in [0.2, 0.25) is 0 Å². The first kappa shape index (κ1) is 23.4. The fourth-order valence-corrected chi connectivity index (χ4v) is 6.12. The van der Waals surface area contributed by atoms with E-state index in [4.69, 9.17) is 4.98 Å². The highest BCUT2D eigenvalue weighted by Crippen LogP contribution is 2.34. The topological polar surface area (TPSA) is 53.8 Å². The molecule has 0 aliphatic carbocycles. The molecule has 0 aliphatic rings. The highest BCUT2D eigenvalue weighted by molar-refractivity contribution is 9.10. The van der Waals surface area contributed by atoms with E-state index in [-0.39, 0.29) is 0 Å². The third-order valence-electron chi connectivity index (χ3n) is 5.04. The van der Waals surface area contributed by atoms with Crippen LogP contribution >= 0.6 is 27.7 Å². The average molecular weight is 534 g/mol. The molecule has 3 nitrogen and oxygen atoms in total. The Bertz CT molecular complexity index is 1290. The summed E-state index contributed by atoms with van der Waals surface area (Å²) >= 11 is 4.98. The molecule has 0 aliphatic heterocycles. The van der Waals surface area contributed by atoms with Crippen LogP contribution in [0.4, 0.5) is 0 Å². The van der Waals surface area contributed by atoms with Gasteiger partial charge in [-0.1, -0.05) is 88.7 Å². The normalized spacial score (nSPS) is 11.6. The van der Waals surface area contributed by atoms with Gasteiger partial charge in [0.25, 0.3) is 0 Å². The third-order valence-corrected chi connectivity index (χ3v) is 8.12. The molecule has 0 bridgehead atoms. The number of thioether (sulfide) groups is 1. The van der Waals surface area contributed by atoms with E-state index < -0.39 is 10.8 Å². The summed E-state index contributed by atoms with van der Waals surface area (Å²) in [6.07, 6.45) is 0. The average Bonchev–Trinajstić information content (AvgIpc) is 2.85. The molecule has 1 aromatic heterocycles. The molecule has 0 radical (unpaired) electrons. The number of benzene rings is 3. The largest absolute Gasteiger partial charge is 0.259 e. The first-order valence-corrected chi connectivity index (χ1v) is 13.7. The lowest BCUT2D eigenvalue weighted by Gasteiger charge is -2.13. The van der Waals surface area contributed by atoms with Gasteiger partial charge >= 0.3 is 0 Å². The Morgan fingerprint density at radius 1 is 0.909 bits per heavy atom. The van der Waals surface area contributed by atoms with Crippen molar-refractivity contribution in [3.63, 3.8) is 0 Å². The van der Waals surface area contributed by atoms with Crippen LogP contribution in [0.25, 0.3) is 22.4 Å². The Kier molecular flexibility index (Phi) is 8.11. The van der Waals surface area contributed by atoms with Crippen LogP contribution in [0.1, 0.15) is 11.1 Å². The zero-order chi connectivity index (χ0) is 23.0. The van der Waals surface area contributed by atoms with Gasteiger partial charge in [-0.2, -0.15) is 5.26 Å². The maximum absolute atomic E-state index is 12.6. The number of halogens is 1. The predicted molar refractivity (Wildman–Crippen MR) is 141 cm³/mol. The first-order valence-electron chi connectivity index (χ1n) is 10.4. The molecule has 1 atom stereocenters. The molecule has 0 saturated carbocycles. The number of rotatable bonds is 8. The standard InChI is InChI=1S/C27H21BrN2OS2/c28-23-13-11-22(12-14-23)26-17-24(21-9-5-2-6-10-21)25(18-29)27(30-26)32-15-16-33(31)19-20-7-3-1-4-8-20/h1-14,17H,15-16,19H2/t33-/m1/s1. The molecule has 0 N–H and O–H groups in total. The molecule has 1 heterocycles. The second kappa shape index (κ2) is 11.4. The van der Waals surface area contributed by atoms with Crippen molar-refractivity contribution < 1.29 is 4.21 Å². The molecule has 0 amide bonds. The Morgan fingerprint density at radius 2 is 1.58 bits per heavy atom. The van der Waals surface area contributed by atoms with Crippen LogP contribution in [0.3, 0.4) is 0 Å². The van der Waals surface area contributed by atoms with Crippen LogP contribution in [-0.2, 0) is 16.6 Å². The van der Waals surface area contributed by atoms with Gasteiger partial charge in [0.05, 0.1) is 11.3 Å². The molecule has 0 spiro atoms. The Hall–Kier alpha value is -2.72. The summed E-state index contributed by atoms with van der Waals surface area (Å²) < 4.78 is 13.6. The molecule has 0 saturated heterocycles. The summed E-state index contributed by atoms with van der Waals surface area (Å²) in [5, 5.41) is 10.7. The summed E-state index contributed by atoms with van der Waals surface area (Å²) in [4.78, 5) is 4.84. The van der Waals surface area contributed by atoms with Crippen molar-refractivity contribution in [1.82, 2.24) is 4.98 Å². The van der Waals surface area contributed by atoms with Crippen molar-refractivity contribution in [2.75, 3.05) is 11.5 Å². The molecule has 0 fully saturated rings. The van der Waals surface area contributed by atoms with Crippen molar-refractivity contribution in [2.45, 2.75) is 10.8 Å². The monoisotopic (exact) mass is 532 g/mol. The van der Waals surface area contributed by atoms with Crippen molar-refractivity contribution in [3.05, 3.63) is 107 Å². The predicted octanol–water partition coefficient (Wildman–Crippen LogP) is 7.09. The van der Waals surface area contributed by atoms with Gasteiger partial charge in [0.1, 0.15) is 11.1 Å². The van der Waals surface area contributed by atoms with E-state index in [0.717, 1.165) is 32.4 Å². The Labute approximate surface area is 209 Å². The van der Waals surface area contributed by atoms with Crippen LogP contribution in [0.15, 0.2) is 100 Å². The lowest BCUT2D eigenvalue weighted by atomic mass is 9.99. The van der Waals surface area contributed by atoms with Crippen LogP contribution in [0, 0.1) is 11.3 Å². The first-order chi connectivity index (χ1) is 16.1. The number of hydrogen-bond donors (Lipinski definition) is 0.